The number of nitrogens with zero attached hydrogens (tertiary/aromatic N) is 2. The molecule has 5 heteroatoms. The molecule has 0 aliphatic carbocycles. The number of methoxy groups -OCH3 is 1. The van der Waals surface area contributed by atoms with Crippen LogP contribution in [0.25, 0.3) is 10.9 Å². The van der Waals surface area contributed by atoms with Crippen LogP contribution >= 0.6 is 11.6 Å². The lowest BCUT2D eigenvalue weighted by atomic mass is 9.98. The number of benzene rings is 2. The van der Waals surface area contributed by atoms with Crippen LogP contribution in [0.5, 0.6) is 5.75 Å². The topological polar surface area (TPSA) is 61.0 Å². The van der Waals surface area contributed by atoms with Gasteiger partial charge in [-0.05, 0) is 47.9 Å². The number of halogens is 1. The van der Waals surface area contributed by atoms with E-state index in [0.29, 0.717) is 0 Å². The van der Waals surface area contributed by atoms with Crippen molar-refractivity contribution in [3.8, 4) is 5.75 Å². The molecule has 0 fully saturated rings. The van der Waals surface area contributed by atoms with Crippen LogP contribution < -0.4 is 10.5 Å². The van der Waals surface area contributed by atoms with Gasteiger partial charge < -0.3 is 10.5 Å². The zero-order valence-electron chi connectivity index (χ0n) is 12.4. The fraction of sp³-hybridized carbons (Fsp3) is 0.176. The van der Waals surface area contributed by atoms with Crippen LogP contribution in [0.4, 0.5) is 0 Å². The standard InChI is InChI=1S/C17H16ClN3O/c1-10-4-3-5-13-14(10)16(21-17(18)20-13)15(19)11-6-8-12(22-2)9-7-11/h3-9,15H,19H2,1-2H3. The second kappa shape index (κ2) is 5.91. The molecular formula is C17H16ClN3O. The van der Waals surface area contributed by atoms with Crippen molar-refractivity contribution in [3.05, 3.63) is 64.6 Å². The number of aryl methyl sites for hydroxylation is 1. The molecule has 0 aliphatic heterocycles. The van der Waals surface area contributed by atoms with Gasteiger partial charge in [-0.25, -0.2) is 9.97 Å². The van der Waals surface area contributed by atoms with Crippen molar-refractivity contribution in [2.45, 2.75) is 13.0 Å². The molecule has 1 aromatic heterocycles. The van der Waals surface area contributed by atoms with Crippen LogP contribution in [-0.2, 0) is 0 Å². The molecule has 3 rings (SSSR count). The predicted octanol–water partition coefficient (Wildman–Crippen LogP) is 3.65. The van der Waals surface area contributed by atoms with Crippen molar-refractivity contribution < 1.29 is 4.74 Å². The molecule has 0 spiro atoms. The Morgan fingerprint density at radius 3 is 2.50 bits per heavy atom. The molecule has 4 nitrogen and oxygen atoms in total. The number of ether oxygens (including phenoxy) is 1. The highest BCUT2D eigenvalue weighted by atomic mass is 35.5. The number of hydrogen-bond acceptors (Lipinski definition) is 4. The minimum Gasteiger partial charge on any atom is -0.497 e. The van der Waals surface area contributed by atoms with Crippen molar-refractivity contribution in [1.29, 1.82) is 0 Å². The van der Waals surface area contributed by atoms with Gasteiger partial charge in [-0.15, -0.1) is 0 Å². The Morgan fingerprint density at radius 1 is 1.09 bits per heavy atom. The summed E-state index contributed by atoms with van der Waals surface area (Å²) >= 11 is 6.06. The van der Waals surface area contributed by atoms with Crippen LogP contribution in [-0.4, -0.2) is 17.1 Å². The first-order valence-electron chi connectivity index (χ1n) is 6.92. The minimum absolute atomic E-state index is 0.206. The molecule has 2 N–H and O–H groups in total. The maximum Gasteiger partial charge on any atom is 0.223 e. The molecule has 0 aliphatic rings. The van der Waals surface area contributed by atoms with Gasteiger partial charge in [0, 0.05) is 5.39 Å². The van der Waals surface area contributed by atoms with Gasteiger partial charge in [-0.1, -0.05) is 24.3 Å². The van der Waals surface area contributed by atoms with E-state index in [1.54, 1.807) is 7.11 Å². The van der Waals surface area contributed by atoms with Crippen molar-refractivity contribution in [1.82, 2.24) is 9.97 Å². The molecule has 3 aromatic rings. The highest BCUT2D eigenvalue weighted by Crippen LogP contribution is 2.29. The van der Waals surface area contributed by atoms with Crippen LogP contribution in [0, 0.1) is 6.92 Å². The summed E-state index contributed by atoms with van der Waals surface area (Å²) in [4.78, 5) is 8.66. The first-order valence-corrected chi connectivity index (χ1v) is 7.30. The van der Waals surface area contributed by atoms with Crippen LogP contribution in [0.3, 0.4) is 0 Å². The summed E-state index contributed by atoms with van der Waals surface area (Å²) in [5, 5.41) is 1.16. The molecular weight excluding hydrogens is 298 g/mol. The second-order valence-electron chi connectivity index (χ2n) is 5.10. The Kier molecular flexibility index (Phi) is 3.96. The molecule has 0 bridgehead atoms. The van der Waals surface area contributed by atoms with E-state index in [0.717, 1.165) is 33.5 Å². The van der Waals surface area contributed by atoms with E-state index in [2.05, 4.69) is 9.97 Å². The first-order chi connectivity index (χ1) is 10.6. The Labute approximate surface area is 133 Å². The monoisotopic (exact) mass is 313 g/mol. The summed E-state index contributed by atoms with van der Waals surface area (Å²) < 4.78 is 5.18. The van der Waals surface area contributed by atoms with Crippen LogP contribution in [0.2, 0.25) is 5.28 Å². The largest absolute Gasteiger partial charge is 0.497 e. The summed E-state index contributed by atoms with van der Waals surface area (Å²) in [5.41, 5.74) is 9.98. The molecule has 0 saturated carbocycles. The van der Waals surface area contributed by atoms with Crippen LogP contribution in [0.1, 0.15) is 22.9 Å². The van der Waals surface area contributed by atoms with Gasteiger partial charge >= 0.3 is 0 Å². The normalized spacial score (nSPS) is 12.4. The summed E-state index contributed by atoms with van der Waals surface area (Å²) in [6.07, 6.45) is 0. The van der Waals surface area contributed by atoms with E-state index in [4.69, 9.17) is 22.1 Å². The van der Waals surface area contributed by atoms with Gasteiger partial charge in [0.05, 0.1) is 24.4 Å². The van der Waals surface area contributed by atoms with E-state index >= 15 is 0 Å². The zero-order valence-corrected chi connectivity index (χ0v) is 13.1. The van der Waals surface area contributed by atoms with Gasteiger partial charge in [0.15, 0.2) is 0 Å². The summed E-state index contributed by atoms with van der Waals surface area (Å²) in [5.74, 6) is 0.790. The van der Waals surface area contributed by atoms with Crippen molar-refractivity contribution >= 4 is 22.5 Å². The Hall–Kier alpha value is -2.17. The van der Waals surface area contributed by atoms with E-state index in [1.807, 2.05) is 49.4 Å². The van der Waals surface area contributed by atoms with Gasteiger partial charge in [-0.3, -0.25) is 0 Å². The number of aromatic nitrogens is 2. The molecule has 0 amide bonds. The number of fused-ring (bicyclic) bond motifs is 1. The van der Waals surface area contributed by atoms with Crippen LogP contribution in [0.15, 0.2) is 42.5 Å². The third kappa shape index (κ3) is 2.63. The predicted molar refractivity (Wildman–Crippen MR) is 88.3 cm³/mol. The highest BCUT2D eigenvalue weighted by molar-refractivity contribution is 6.28. The highest BCUT2D eigenvalue weighted by Gasteiger charge is 2.17. The fourth-order valence-corrected chi connectivity index (χ4v) is 2.73. The van der Waals surface area contributed by atoms with E-state index in [-0.39, 0.29) is 11.3 Å². The first kappa shape index (κ1) is 14.8. The summed E-state index contributed by atoms with van der Waals surface area (Å²) in [6.45, 7) is 2.02. The zero-order chi connectivity index (χ0) is 15.7. The van der Waals surface area contributed by atoms with Crippen molar-refractivity contribution in [2.75, 3.05) is 7.11 Å². The van der Waals surface area contributed by atoms with Crippen molar-refractivity contribution in [2.24, 2.45) is 5.73 Å². The molecule has 2 aromatic carbocycles. The summed E-state index contributed by atoms with van der Waals surface area (Å²) in [6, 6.07) is 13.1. The smallest absolute Gasteiger partial charge is 0.223 e. The van der Waals surface area contributed by atoms with E-state index in [1.165, 1.54) is 0 Å². The lowest BCUT2D eigenvalue weighted by molar-refractivity contribution is 0.414. The quantitative estimate of drug-likeness (QED) is 0.750. The minimum atomic E-state index is -0.380. The van der Waals surface area contributed by atoms with Crippen molar-refractivity contribution in [3.63, 3.8) is 0 Å². The number of nitrogens with two attached hydrogens (primary N) is 1. The molecule has 0 saturated heterocycles. The van der Waals surface area contributed by atoms with Gasteiger partial charge in [0.1, 0.15) is 5.75 Å². The number of hydrogen-bond donors (Lipinski definition) is 1. The van der Waals surface area contributed by atoms with E-state index in [9.17, 15) is 0 Å². The third-order valence-corrected chi connectivity index (χ3v) is 3.87. The van der Waals surface area contributed by atoms with Gasteiger partial charge in [0.2, 0.25) is 5.28 Å². The maximum atomic E-state index is 6.42. The average Bonchev–Trinajstić information content (AvgIpc) is 2.53. The SMILES string of the molecule is COc1ccc(C(N)c2nc(Cl)nc3cccc(C)c23)cc1. The van der Waals surface area contributed by atoms with Gasteiger partial charge in [-0.2, -0.15) is 0 Å². The molecule has 1 atom stereocenters. The molecule has 0 radical (unpaired) electrons. The Morgan fingerprint density at radius 2 is 1.82 bits per heavy atom. The Balaban J connectivity index is 2.15. The number of rotatable bonds is 3. The Bertz CT molecular complexity index is 818. The lowest BCUT2D eigenvalue weighted by Crippen LogP contribution is -2.15. The lowest BCUT2D eigenvalue weighted by Gasteiger charge is -2.16. The van der Waals surface area contributed by atoms with E-state index < -0.39 is 0 Å². The average molecular weight is 314 g/mol. The molecule has 112 valence electrons. The fourth-order valence-electron chi connectivity index (χ4n) is 2.55. The maximum absolute atomic E-state index is 6.42. The van der Waals surface area contributed by atoms with Gasteiger partial charge in [0.25, 0.3) is 0 Å². The third-order valence-electron chi connectivity index (χ3n) is 3.70. The molecule has 1 heterocycles. The second-order valence-corrected chi connectivity index (χ2v) is 5.44. The molecule has 22 heavy (non-hydrogen) atoms. The summed E-state index contributed by atoms with van der Waals surface area (Å²) in [7, 11) is 1.63. The molecule has 1 unspecified atom stereocenters.